The summed E-state index contributed by atoms with van der Waals surface area (Å²) < 4.78 is 12.9. The summed E-state index contributed by atoms with van der Waals surface area (Å²) in [6.45, 7) is 7.54. The Kier molecular flexibility index (Phi) is 6.32. The minimum absolute atomic E-state index is 0.223. The number of carbonyl (C=O) groups is 1. The Bertz CT molecular complexity index is 932. The Balaban J connectivity index is 1.68. The van der Waals surface area contributed by atoms with Gasteiger partial charge in [0.2, 0.25) is 0 Å². The Morgan fingerprint density at radius 1 is 1.04 bits per heavy atom. The van der Waals surface area contributed by atoms with Gasteiger partial charge in [-0.1, -0.05) is 29.8 Å². The van der Waals surface area contributed by atoms with E-state index in [4.69, 9.17) is 9.47 Å². The van der Waals surface area contributed by atoms with Gasteiger partial charge in [0.25, 0.3) is 5.91 Å². The predicted octanol–water partition coefficient (Wildman–Crippen LogP) is 4.29. The zero-order valence-corrected chi connectivity index (χ0v) is 16.4. The van der Waals surface area contributed by atoms with Gasteiger partial charge in [0, 0.05) is 11.8 Å². The Hall–Kier alpha value is -3.28. The van der Waals surface area contributed by atoms with Crippen LogP contribution in [0, 0.1) is 6.92 Å². The highest BCUT2D eigenvalue weighted by atomic mass is 16.5. The van der Waals surface area contributed by atoms with Crippen LogP contribution in [0.3, 0.4) is 0 Å². The molecule has 6 heteroatoms. The first kappa shape index (κ1) is 19.5. The Labute approximate surface area is 165 Å². The summed E-state index contributed by atoms with van der Waals surface area (Å²) in [6, 6.07) is 13.5. The van der Waals surface area contributed by atoms with Crippen LogP contribution in [-0.4, -0.2) is 28.9 Å². The van der Waals surface area contributed by atoms with E-state index in [0.29, 0.717) is 42.5 Å². The molecule has 3 aromatic rings. The lowest BCUT2D eigenvalue weighted by Crippen LogP contribution is -2.12. The molecular formula is C22H25N3O3. The number of carbonyl (C=O) groups excluding carboxylic acids is 1. The summed E-state index contributed by atoms with van der Waals surface area (Å²) in [4.78, 5) is 12.6. The average Bonchev–Trinajstić information content (AvgIpc) is 3.12. The second kappa shape index (κ2) is 9.08. The van der Waals surface area contributed by atoms with Crippen molar-refractivity contribution < 1.29 is 14.3 Å². The van der Waals surface area contributed by atoms with Crippen LogP contribution in [0.25, 0.3) is 0 Å². The van der Waals surface area contributed by atoms with Crippen molar-refractivity contribution in [3.05, 3.63) is 71.5 Å². The molecule has 6 nitrogen and oxygen atoms in total. The van der Waals surface area contributed by atoms with E-state index < -0.39 is 0 Å². The minimum Gasteiger partial charge on any atom is -0.490 e. The molecule has 1 N–H and O–H groups in total. The number of ether oxygens (including phenoxy) is 2. The number of aryl methyl sites for hydroxylation is 1. The van der Waals surface area contributed by atoms with Crippen molar-refractivity contribution in [1.29, 1.82) is 0 Å². The number of aromatic nitrogens is 2. The van der Waals surface area contributed by atoms with E-state index in [1.807, 2.05) is 20.0 Å². The molecule has 0 bridgehead atoms. The molecule has 3 rings (SSSR count). The van der Waals surface area contributed by atoms with Crippen LogP contribution in [-0.2, 0) is 6.54 Å². The highest BCUT2D eigenvalue weighted by Gasteiger charge is 2.12. The van der Waals surface area contributed by atoms with Gasteiger partial charge in [0.05, 0.1) is 31.6 Å². The molecule has 0 aliphatic heterocycles. The minimum atomic E-state index is -0.223. The van der Waals surface area contributed by atoms with Crippen LogP contribution in [0.5, 0.6) is 11.5 Å². The molecule has 0 aliphatic rings. The van der Waals surface area contributed by atoms with Crippen LogP contribution in [0.2, 0.25) is 0 Å². The number of nitrogens with one attached hydrogen (secondary N) is 1. The van der Waals surface area contributed by atoms with Gasteiger partial charge in [-0.05, 0) is 44.5 Å². The van der Waals surface area contributed by atoms with Gasteiger partial charge < -0.3 is 14.8 Å². The number of hydrogen-bond acceptors (Lipinski definition) is 4. The van der Waals surface area contributed by atoms with E-state index in [1.54, 1.807) is 29.1 Å². The first-order valence-electron chi connectivity index (χ1n) is 9.38. The number of nitrogens with zero attached hydrogens (tertiary/aromatic N) is 2. The molecule has 0 radical (unpaired) electrons. The van der Waals surface area contributed by atoms with Crippen LogP contribution >= 0.6 is 0 Å². The van der Waals surface area contributed by atoms with Gasteiger partial charge in [0.1, 0.15) is 0 Å². The van der Waals surface area contributed by atoms with Crippen molar-refractivity contribution in [2.24, 2.45) is 0 Å². The highest BCUT2D eigenvalue weighted by Crippen LogP contribution is 2.28. The van der Waals surface area contributed by atoms with Gasteiger partial charge in [-0.3, -0.25) is 9.48 Å². The maximum Gasteiger partial charge on any atom is 0.255 e. The first-order valence-corrected chi connectivity index (χ1v) is 9.38. The maximum absolute atomic E-state index is 12.6. The molecule has 1 amide bonds. The second-order valence-electron chi connectivity index (χ2n) is 6.39. The van der Waals surface area contributed by atoms with E-state index >= 15 is 0 Å². The van der Waals surface area contributed by atoms with Crippen LogP contribution in [0.1, 0.15) is 35.3 Å². The molecule has 28 heavy (non-hydrogen) atoms. The van der Waals surface area contributed by atoms with Crippen molar-refractivity contribution >= 4 is 11.6 Å². The van der Waals surface area contributed by atoms with Crippen molar-refractivity contribution in [2.45, 2.75) is 27.3 Å². The number of benzene rings is 2. The van der Waals surface area contributed by atoms with Crippen molar-refractivity contribution in [3.63, 3.8) is 0 Å². The third-order valence-electron chi connectivity index (χ3n) is 4.16. The first-order chi connectivity index (χ1) is 13.6. The summed E-state index contributed by atoms with van der Waals surface area (Å²) in [5.41, 5.74) is 3.51. The largest absolute Gasteiger partial charge is 0.490 e. The van der Waals surface area contributed by atoms with Gasteiger partial charge in [-0.15, -0.1) is 0 Å². The van der Waals surface area contributed by atoms with Crippen molar-refractivity contribution in [2.75, 3.05) is 18.5 Å². The summed E-state index contributed by atoms with van der Waals surface area (Å²) in [5, 5.41) is 7.20. The van der Waals surface area contributed by atoms with Crippen LogP contribution in [0.4, 0.5) is 5.69 Å². The van der Waals surface area contributed by atoms with Crippen molar-refractivity contribution in [1.82, 2.24) is 9.78 Å². The van der Waals surface area contributed by atoms with E-state index in [0.717, 1.165) is 5.56 Å². The van der Waals surface area contributed by atoms with Crippen LogP contribution in [0.15, 0.2) is 54.9 Å². The van der Waals surface area contributed by atoms with E-state index in [1.165, 1.54) is 5.56 Å². The molecule has 0 saturated carbocycles. The molecular weight excluding hydrogens is 354 g/mol. The fraction of sp³-hybridized carbons (Fsp3) is 0.273. The molecule has 0 unspecified atom stereocenters. The molecule has 0 spiro atoms. The highest BCUT2D eigenvalue weighted by molar-refractivity contribution is 6.04. The van der Waals surface area contributed by atoms with E-state index in [9.17, 15) is 4.79 Å². The molecule has 0 saturated heterocycles. The van der Waals surface area contributed by atoms with Gasteiger partial charge in [0.15, 0.2) is 11.5 Å². The topological polar surface area (TPSA) is 65.4 Å². The standard InChI is InChI=1S/C22H25N3O3/c1-4-27-20-11-10-18(12-21(20)28-5-2)22(26)24-19-13-23-25(15-19)14-17-8-6-16(3)7-9-17/h6-13,15H,4-5,14H2,1-3H3,(H,24,26). The summed E-state index contributed by atoms with van der Waals surface area (Å²) >= 11 is 0. The fourth-order valence-corrected chi connectivity index (χ4v) is 2.79. The molecule has 1 heterocycles. The molecule has 146 valence electrons. The normalized spacial score (nSPS) is 10.5. The zero-order valence-electron chi connectivity index (χ0n) is 16.4. The average molecular weight is 379 g/mol. The van der Waals surface area contributed by atoms with Crippen molar-refractivity contribution in [3.8, 4) is 11.5 Å². The lowest BCUT2D eigenvalue weighted by Gasteiger charge is -2.12. The third kappa shape index (κ3) is 4.91. The molecule has 0 aliphatic carbocycles. The summed E-state index contributed by atoms with van der Waals surface area (Å²) in [6.07, 6.45) is 3.46. The molecule has 2 aromatic carbocycles. The number of anilines is 1. The third-order valence-corrected chi connectivity index (χ3v) is 4.16. The van der Waals surface area contributed by atoms with Gasteiger partial charge in [-0.2, -0.15) is 5.10 Å². The fourth-order valence-electron chi connectivity index (χ4n) is 2.79. The number of amides is 1. The lowest BCUT2D eigenvalue weighted by molar-refractivity contribution is 0.102. The van der Waals surface area contributed by atoms with E-state index in [-0.39, 0.29) is 5.91 Å². The zero-order chi connectivity index (χ0) is 19.9. The second-order valence-corrected chi connectivity index (χ2v) is 6.39. The van der Waals surface area contributed by atoms with Crippen LogP contribution < -0.4 is 14.8 Å². The number of rotatable bonds is 8. The molecule has 1 aromatic heterocycles. The summed E-state index contributed by atoms with van der Waals surface area (Å²) in [7, 11) is 0. The van der Waals surface area contributed by atoms with Gasteiger partial charge >= 0.3 is 0 Å². The molecule has 0 fully saturated rings. The lowest BCUT2D eigenvalue weighted by atomic mass is 10.1. The van der Waals surface area contributed by atoms with Gasteiger partial charge in [-0.25, -0.2) is 0 Å². The number of hydrogen-bond donors (Lipinski definition) is 1. The Morgan fingerprint density at radius 3 is 2.46 bits per heavy atom. The maximum atomic E-state index is 12.6. The monoisotopic (exact) mass is 379 g/mol. The predicted molar refractivity (Wildman–Crippen MR) is 109 cm³/mol. The quantitative estimate of drug-likeness (QED) is 0.634. The summed E-state index contributed by atoms with van der Waals surface area (Å²) in [5.74, 6) is 0.970. The SMILES string of the molecule is CCOc1ccc(C(=O)Nc2cnn(Cc3ccc(C)cc3)c2)cc1OCC. The smallest absolute Gasteiger partial charge is 0.255 e. The Morgan fingerprint density at radius 2 is 1.75 bits per heavy atom. The molecule has 0 atom stereocenters. The van der Waals surface area contributed by atoms with E-state index in [2.05, 4.69) is 41.6 Å².